The third kappa shape index (κ3) is 3.96. The highest BCUT2D eigenvalue weighted by Crippen LogP contribution is 2.09. The van der Waals surface area contributed by atoms with Gasteiger partial charge in [-0.25, -0.2) is 0 Å². The predicted molar refractivity (Wildman–Crippen MR) is 74.9 cm³/mol. The summed E-state index contributed by atoms with van der Waals surface area (Å²) in [4.78, 5) is 14.3. The zero-order valence-electron chi connectivity index (χ0n) is 11.6. The third-order valence-corrected chi connectivity index (χ3v) is 3.46. The summed E-state index contributed by atoms with van der Waals surface area (Å²) in [6.07, 6.45) is 6.57. The first-order valence-corrected chi connectivity index (χ1v) is 6.96. The van der Waals surface area contributed by atoms with Crippen LogP contribution in [0.2, 0.25) is 0 Å². The van der Waals surface area contributed by atoms with Crippen molar-refractivity contribution in [2.24, 2.45) is 7.05 Å². The normalized spacial score (nSPS) is 16.5. The van der Waals surface area contributed by atoms with E-state index in [1.165, 1.54) is 32.4 Å². The van der Waals surface area contributed by atoms with E-state index in [0.717, 1.165) is 13.0 Å². The third-order valence-electron chi connectivity index (χ3n) is 3.46. The number of nitrogens with one attached hydrogen (secondary N) is 1. The van der Waals surface area contributed by atoms with Crippen molar-refractivity contribution in [1.82, 2.24) is 20.0 Å². The van der Waals surface area contributed by atoms with Crippen molar-refractivity contribution in [1.29, 1.82) is 0 Å². The highest BCUT2D eigenvalue weighted by Gasteiger charge is 2.14. The van der Waals surface area contributed by atoms with E-state index < -0.39 is 0 Å². The number of anilines is 1. The number of carbonyl (C=O) groups excluding carboxylic acids is 1. The fraction of sp³-hybridized carbons (Fsp3) is 0.692. The number of piperidine rings is 1. The van der Waals surface area contributed by atoms with Crippen molar-refractivity contribution >= 4 is 11.6 Å². The lowest BCUT2D eigenvalue weighted by atomic mass is 10.1. The van der Waals surface area contributed by atoms with Crippen LogP contribution in [0.1, 0.15) is 36.2 Å². The fourth-order valence-corrected chi connectivity index (χ4v) is 2.45. The molecule has 1 aromatic heterocycles. The van der Waals surface area contributed by atoms with Gasteiger partial charge in [-0.3, -0.25) is 9.48 Å². The quantitative estimate of drug-likeness (QED) is 0.765. The highest BCUT2D eigenvalue weighted by atomic mass is 16.1. The van der Waals surface area contributed by atoms with Gasteiger partial charge >= 0.3 is 0 Å². The van der Waals surface area contributed by atoms with Crippen molar-refractivity contribution in [3.05, 3.63) is 11.9 Å². The molecule has 0 spiro atoms. The monoisotopic (exact) mass is 265 g/mol. The van der Waals surface area contributed by atoms with E-state index in [1.807, 2.05) is 0 Å². The molecule has 19 heavy (non-hydrogen) atoms. The predicted octanol–water partition coefficient (Wildman–Crippen LogP) is 0.608. The first-order chi connectivity index (χ1) is 9.16. The lowest BCUT2D eigenvalue weighted by Crippen LogP contribution is -2.33. The van der Waals surface area contributed by atoms with Crippen molar-refractivity contribution in [3.63, 3.8) is 0 Å². The molecule has 1 fully saturated rings. The first-order valence-electron chi connectivity index (χ1n) is 6.96. The number of aromatic nitrogens is 2. The Morgan fingerprint density at radius 1 is 1.42 bits per heavy atom. The molecule has 6 nitrogen and oxygen atoms in total. The maximum Gasteiger partial charge on any atom is 0.273 e. The molecule has 0 aromatic carbocycles. The van der Waals surface area contributed by atoms with Crippen molar-refractivity contribution in [2.45, 2.75) is 25.7 Å². The smallest absolute Gasteiger partial charge is 0.273 e. The maximum absolute atomic E-state index is 11.8. The van der Waals surface area contributed by atoms with E-state index in [-0.39, 0.29) is 5.91 Å². The topological polar surface area (TPSA) is 76.2 Å². The number of aryl methyl sites for hydroxylation is 1. The Balaban J connectivity index is 1.67. The van der Waals surface area contributed by atoms with Gasteiger partial charge in [-0.1, -0.05) is 6.42 Å². The zero-order chi connectivity index (χ0) is 13.7. The Hall–Kier alpha value is -1.56. The van der Waals surface area contributed by atoms with Crippen LogP contribution in [-0.4, -0.2) is 46.8 Å². The molecule has 1 saturated heterocycles. The van der Waals surface area contributed by atoms with Gasteiger partial charge in [0.15, 0.2) is 5.69 Å². The Morgan fingerprint density at radius 2 is 2.16 bits per heavy atom. The zero-order valence-corrected chi connectivity index (χ0v) is 11.6. The van der Waals surface area contributed by atoms with Crippen molar-refractivity contribution in [3.8, 4) is 0 Å². The van der Waals surface area contributed by atoms with Gasteiger partial charge in [0.25, 0.3) is 5.91 Å². The average Bonchev–Trinajstić information content (AvgIpc) is 2.75. The summed E-state index contributed by atoms with van der Waals surface area (Å²) >= 11 is 0. The van der Waals surface area contributed by atoms with Gasteiger partial charge in [-0.15, -0.1) is 0 Å². The van der Waals surface area contributed by atoms with Crippen molar-refractivity contribution < 1.29 is 4.79 Å². The number of rotatable bonds is 5. The average molecular weight is 265 g/mol. The number of hydrogen-bond donors (Lipinski definition) is 2. The molecule has 0 bridgehead atoms. The minimum absolute atomic E-state index is 0.184. The summed E-state index contributed by atoms with van der Waals surface area (Å²) in [5, 5.41) is 6.92. The van der Waals surface area contributed by atoms with Crippen LogP contribution in [0.25, 0.3) is 0 Å². The Bertz CT molecular complexity index is 423. The number of nitrogens with zero attached hydrogens (tertiary/aromatic N) is 3. The minimum Gasteiger partial charge on any atom is -0.396 e. The van der Waals surface area contributed by atoms with Crippen LogP contribution in [0, 0.1) is 0 Å². The number of nitrogen functional groups attached to an aromatic ring is 1. The minimum atomic E-state index is -0.184. The van der Waals surface area contributed by atoms with E-state index >= 15 is 0 Å². The lowest BCUT2D eigenvalue weighted by molar-refractivity contribution is 0.0946. The summed E-state index contributed by atoms with van der Waals surface area (Å²) in [5.74, 6) is -0.184. The number of carbonyl (C=O) groups is 1. The molecule has 1 aromatic rings. The molecule has 0 atom stereocenters. The first kappa shape index (κ1) is 13.9. The standard InChI is InChI=1S/C13H23N5O/c1-17-10-11(14)12(16-17)13(19)15-6-5-9-18-7-3-2-4-8-18/h10H,2-9,14H2,1H3,(H,15,19). The molecule has 1 amide bonds. The molecule has 6 heteroatoms. The molecule has 2 heterocycles. The second kappa shape index (κ2) is 6.56. The highest BCUT2D eigenvalue weighted by molar-refractivity contribution is 5.96. The van der Waals surface area contributed by atoms with Gasteiger partial charge in [0, 0.05) is 19.8 Å². The van der Waals surface area contributed by atoms with Gasteiger partial charge < -0.3 is 16.0 Å². The summed E-state index contributed by atoms with van der Waals surface area (Å²) in [5.41, 5.74) is 6.46. The summed E-state index contributed by atoms with van der Waals surface area (Å²) < 4.78 is 1.55. The van der Waals surface area contributed by atoms with Gasteiger partial charge in [-0.05, 0) is 38.9 Å². The van der Waals surface area contributed by atoms with Gasteiger partial charge in [0.2, 0.25) is 0 Å². The second-order valence-electron chi connectivity index (χ2n) is 5.12. The summed E-state index contributed by atoms with van der Waals surface area (Å²) in [6, 6.07) is 0. The molecule has 0 unspecified atom stereocenters. The van der Waals surface area contributed by atoms with Crippen LogP contribution in [0.4, 0.5) is 5.69 Å². The molecule has 2 rings (SSSR count). The SMILES string of the molecule is Cn1cc(N)c(C(=O)NCCCN2CCCCC2)n1. The number of hydrogen-bond acceptors (Lipinski definition) is 4. The van der Waals surface area contributed by atoms with E-state index in [2.05, 4.69) is 15.3 Å². The molecule has 0 radical (unpaired) electrons. The van der Waals surface area contributed by atoms with E-state index in [4.69, 9.17) is 5.73 Å². The van der Waals surface area contributed by atoms with Crippen LogP contribution in [-0.2, 0) is 7.05 Å². The second-order valence-corrected chi connectivity index (χ2v) is 5.12. The molecule has 1 aliphatic heterocycles. The number of nitrogens with two attached hydrogens (primary N) is 1. The Morgan fingerprint density at radius 3 is 2.79 bits per heavy atom. The van der Waals surface area contributed by atoms with Crippen molar-refractivity contribution in [2.75, 3.05) is 31.9 Å². The molecule has 0 saturated carbocycles. The van der Waals surface area contributed by atoms with Crippen LogP contribution >= 0.6 is 0 Å². The Kier molecular flexibility index (Phi) is 4.79. The van der Waals surface area contributed by atoms with Gasteiger partial charge in [-0.2, -0.15) is 5.10 Å². The summed E-state index contributed by atoms with van der Waals surface area (Å²) in [6.45, 7) is 4.12. The van der Waals surface area contributed by atoms with Crippen LogP contribution < -0.4 is 11.1 Å². The van der Waals surface area contributed by atoms with E-state index in [9.17, 15) is 4.79 Å². The molecular formula is C13H23N5O. The lowest BCUT2D eigenvalue weighted by Gasteiger charge is -2.26. The van der Waals surface area contributed by atoms with E-state index in [0.29, 0.717) is 17.9 Å². The molecule has 1 aliphatic rings. The van der Waals surface area contributed by atoms with Crippen LogP contribution in [0.3, 0.4) is 0 Å². The largest absolute Gasteiger partial charge is 0.396 e. The molecular weight excluding hydrogens is 242 g/mol. The van der Waals surface area contributed by atoms with Gasteiger partial charge in [0.05, 0.1) is 5.69 Å². The van der Waals surface area contributed by atoms with Crippen LogP contribution in [0.15, 0.2) is 6.20 Å². The molecule has 106 valence electrons. The Labute approximate surface area is 113 Å². The molecule has 0 aliphatic carbocycles. The summed E-state index contributed by atoms with van der Waals surface area (Å²) in [7, 11) is 1.75. The van der Waals surface area contributed by atoms with Gasteiger partial charge in [0.1, 0.15) is 0 Å². The number of likely N-dealkylation sites (tertiary alicyclic amines) is 1. The molecule has 3 N–H and O–H groups in total. The van der Waals surface area contributed by atoms with E-state index in [1.54, 1.807) is 17.9 Å². The number of amides is 1. The fourth-order valence-electron chi connectivity index (χ4n) is 2.45. The maximum atomic E-state index is 11.8. The van der Waals surface area contributed by atoms with Crippen LogP contribution in [0.5, 0.6) is 0 Å².